The topological polar surface area (TPSA) is 49.4 Å². The minimum atomic E-state index is -0.524. The van der Waals surface area contributed by atoms with Gasteiger partial charge in [0.25, 0.3) is 0 Å². The zero-order valence-corrected chi connectivity index (χ0v) is 19.6. The van der Waals surface area contributed by atoms with Crippen molar-refractivity contribution in [3.8, 4) is 0 Å². The average Bonchev–Trinajstić information content (AvgIpc) is 2.74. The number of amides is 2. The van der Waals surface area contributed by atoms with Gasteiger partial charge >= 0.3 is 0 Å². The lowest BCUT2D eigenvalue weighted by molar-refractivity contribution is -0.139. The first-order chi connectivity index (χ1) is 14.5. The Morgan fingerprint density at radius 3 is 2.43 bits per heavy atom. The first-order valence-electron chi connectivity index (χ1n) is 10.5. The number of carbonyl (C=O) groups is 2. The molecule has 1 atom stereocenters. The van der Waals surface area contributed by atoms with Crippen LogP contribution >= 0.6 is 23.4 Å². The fourth-order valence-electron chi connectivity index (χ4n) is 3.10. The number of benzene rings is 2. The number of nitrogens with one attached hydrogen (secondary N) is 1. The van der Waals surface area contributed by atoms with E-state index in [9.17, 15) is 9.59 Å². The first-order valence-corrected chi connectivity index (χ1v) is 11.8. The van der Waals surface area contributed by atoms with Gasteiger partial charge in [-0.15, -0.1) is 11.8 Å². The molecule has 0 aliphatic carbocycles. The number of hydrogen-bond acceptors (Lipinski definition) is 3. The SMILES string of the molecule is CCCCNC(=O)[C@@H](CC)N(Cc1ccccc1Cl)C(=O)CSc1ccc(C)cc1. The van der Waals surface area contributed by atoms with Crippen LogP contribution in [0.25, 0.3) is 0 Å². The first kappa shape index (κ1) is 24.3. The third-order valence-corrected chi connectivity index (χ3v) is 6.26. The molecule has 1 N–H and O–H groups in total. The zero-order chi connectivity index (χ0) is 21.9. The molecular weight excluding hydrogens is 416 g/mol. The Hall–Kier alpha value is -1.98. The fraction of sp³-hybridized carbons (Fsp3) is 0.417. The molecule has 0 bridgehead atoms. The smallest absolute Gasteiger partial charge is 0.242 e. The minimum absolute atomic E-state index is 0.0713. The molecule has 0 aromatic heterocycles. The summed E-state index contributed by atoms with van der Waals surface area (Å²) < 4.78 is 0. The van der Waals surface area contributed by atoms with Crippen LogP contribution in [0, 0.1) is 6.92 Å². The molecule has 0 aliphatic rings. The van der Waals surface area contributed by atoms with E-state index in [0.29, 0.717) is 24.5 Å². The average molecular weight is 447 g/mol. The molecule has 0 unspecified atom stereocenters. The highest BCUT2D eigenvalue weighted by Gasteiger charge is 2.28. The molecule has 2 aromatic carbocycles. The summed E-state index contributed by atoms with van der Waals surface area (Å²) in [6.45, 7) is 6.99. The molecule has 0 radical (unpaired) electrons. The molecule has 6 heteroatoms. The highest BCUT2D eigenvalue weighted by molar-refractivity contribution is 8.00. The molecule has 0 saturated heterocycles. The maximum atomic E-state index is 13.2. The maximum absolute atomic E-state index is 13.2. The van der Waals surface area contributed by atoms with Gasteiger partial charge in [0.1, 0.15) is 6.04 Å². The summed E-state index contributed by atoms with van der Waals surface area (Å²) in [6.07, 6.45) is 2.47. The van der Waals surface area contributed by atoms with Crippen LogP contribution in [-0.4, -0.2) is 35.1 Å². The van der Waals surface area contributed by atoms with Crippen LogP contribution < -0.4 is 5.32 Å². The fourth-order valence-corrected chi connectivity index (χ4v) is 4.08. The van der Waals surface area contributed by atoms with Crippen molar-refractivity contribution in [1.29, 1.82) is 0 Å². The second-order valence-corrected chi connectivity index (χ2v) is 8.74. The van der Waals surface area contributed by atoms with Crippen molar-refractivity contribution in [3.05, 3.63) is 64.7 Å². The predicted molar refractivity (Wildman–Crippen MR) is 126 cm³/mol. The molecule has 162 valence electrons. The minimum Gasteiger partial charge on any atom is -0.354 e. The summed E-state index contributed by atoms with van der Waals surface area (Å²) in [7, 11) is 0. The summed E-state index contributed by atoms with van der Waals surface area (Å²) in [4.78, 5) is 28.8. The molecule has 2 aromatic rings. The molecule has 2 amide bonds. The van der Waals surface area contributed by atoms with Gasteiger partial charge in [0.15, 0.2) is 0 Å². The van der Waals surface area contributed by atoms with E-state index < -0.39 is 6.04 Å². The lowest BCUT2D eigenvalue weighted by atomic mass is 10.1. The van der Waals surface area contributed by atoms with Crippen LogP contribution in [0.15, 0.2) is 53.4 Å². The maximum Gasteiger partial charge on any atom is 0.242 e. The number of nitrogens with zero attached hydrogens (tertiary/aromatic N) is 1. The van der Waals surface area contributed by atoms with Crippen LogP contribution in [-0.2, 0) is 16.1 Å². The number of unbranched alkanes of at least 4 members (excludes halogenated alkanes) is 1. The predicted octanol–water partition coefficient (Wildman–Crippen LogP) is 5.46. The van der Waals surface area contributed by atoms with Gasteiger partial charge in [-0.3, -0.25) is 9.59 Å². The van der Waals surface area contributed by atoms with Crippen LogP contribution in [0.1, 0.15) is 44.2 Å². The van der Waals surface area contributed by atoms with Crippen LogP contribution in [0.4, 0.5) is 0 Å². The second-order valence-electron chi connectivity index (χ2n) is 7.28. The number of aryl methyl sites for hydroxylation is 1. The van der Waals surface area contributed by atoms with Crippen molar-refractivity contribution in [2.24, 2.45) is 0 Å². The quantitative estimate of drug-likeness (QED) is 0.368. The monoisotopic (exact) mass is 446 g/mol. The molecule has 0 fully saturated rings. The Morgan fingerprint density at radius 1 is 1.10 bits per heavy atom. The van der Waals surface area contributed by atoms with Crippen molar-refractivity contribution in [3.63, 3.8) is 0 Å². The molecule has 0 saturated carbocycles. The summed E-state index contributed by atoms with van der Waals surface area (Å²) in [5, 5.41) is 3.58. The van der Waals surface area contributed by atoms with Gasteiger partial charge in [0.2, 0.25) is 11.8 Å². The van der Waals surface area contributed by atoms with E-state index in [4.69, 9.17) is 11.6 Å². The number of thioether (sulfide) groups is 1. The van der Waals surface area contributed by atoms with E-state index in [1.165, 1.54) is 17.3 Å². The zero-order valence-electron chi connectivity index (χ0n) is 18.0. The highest BCUT2D eigenvalue weighted by Crippen LogP contribution is 2.23. The lowest BCUT2D eigenvalue weighted by Crippen LogP contribution is -2.49. The number of carbonyl (C=O) groups excluding carboxylic acids is 2. The van der Waals surface area contributed by atoms with E-state index in [1.807, 2.05) is 62.4 Å². The van der Waals surface area contributed by atoms with Gasteiger partial charge in [0, 0.05) is 23.0 Å². The summed E-state index contributed by atoms with van der Waals surface area (Å²) in [5.41, 5.74) is 2.02. The molecule has 30 heavy (non-hydrogen) atoms. The molecule has 0 aliphatic heterocycles. The lowest BCUT2D eigenvalue weighted by Gasteiger charge is -2.31. The van der Waals surface area contributed by atoms with Gasteiger partial charge in [-0.05, 0) is 43.5 Å². The third-order valence-electron chi connectivity index (χ3n) is 4.90. The third kappa shape index (κ3) is 7.37. The standard InChI is InChI=1S/C24H31ClN2O2S/c1-4-6-15-26-24(29)22(5-2)27(16-19-9-7-8-10-21(19)25)23(28)17-30-20-13-11-18(3)12-14-20/h7-14,22H,4-6,15-17H2,1-3H3,(H,26,29)/t22-/m1/s1. The number of rotatable bonds is 11. The summed E-state index contributed by atoms with van der Waals surface area (Å²) >= 11 is 7.83. The Balaban J connectivity index is 2.17. The van der Waals surface area contributed by atoms with Gasteiger partial charge in [-0.25, -0.2) is 0 Å². The summed E-state index contributed by atoms with van der Waals surface area (Å²) in [6, 6.07) is 15.0. The molecule has 4 nitrogen and oxygen atoms in total. The Bertz CT molecular complexity index is 826. The van der Waals surface area contributed by atoms with Gasteiger partial charge in [-0.1, -0.05) is 67.8 Å². The highest BCUT2D eigenvalue weighted by atomic mass is 35.5. The normalized spacial score (nSPS) is 11.7. The second kappa shape index (κ2) is 12.7. The van der Waals surface area contributed by atoms with Crippen LogP contribution in [0.3, 0.4) is 0 Å². The van der Waals surface area contributed by atoms with Crippen LogP contribution in [0.5, 0.6) is 0 Å². The number of halogens is 1. The van der Waals surface area contributed by atoms with Crippen molar-refractivity contribution >= 4 is 35.2 Å². The van der Waals surface area contributed by atoms with E-state index in [1.54, 1.807) is 4.90 Å². The van der Waals surface area contributed by atoms with E-state index in [-0.39, 0.29) is 17.6 Å². The van der Waals surface area contributed by atoms with Crippen molar-refractivity contribution < 1.29 is 9.59 Å². The van der Waals surface area contributed by atoms with Gasteiger partial charge in [-0.2, -0.15) is 0 Å². The molecule has 0 spiro atoms. The van der Waals surface area contributed by atoms with Crippen molar-refractivity contribution in [1.82, 2.24) is 10.2 Å². The molecule has 0 heterocycles. The number of hydrogen-bond donors (Lipinski definition) is 1. The van der Waals surface area contributed by atoms with Crippen LogP contribution in [0.2, 0.25) is 5.02 Å². The van der Waals surface area contributed by atoms with Crippen molar-refractivity contribution in [2.75, 3.05) is 12.3 Å². The van der Waals surface area contributed by atoms with E-state index in [2.05, 4.69) is 12.2 Å². The Kier molecular flexibility index (Phi) is 10.2. The molecular formula is C24H31ClN2O2S. The molecule has 2 rings (SSSR count). The van der Waals surface area contributed by atoms with E-state index in [0.717, 1.165) is 23.3 Å². The van der Waals surface area contributed by atoms with E-state index >= 15 is 0 Å². The van der Waals surface area contributed by atoms with Crippen molar-refractivity contribution in [2.45, 2.75) is 57.5 Å². The van der Waals surface area contributed by atoms with Gasteiger partial charge < -0.3 is 10.2 Å². The Labute approximate surface area is 189 Å². The summed E-state index contributed by atoms with van der Waals surface area (Å²) in [5.74, 6) is 0.0939. The largest absolute Gasteiger partial charge is 0.354 e. The van der Waals surface area contributed by atoms with Gasteiger partial charge in [0.05, 0.1) is 5.75 Å². The Morgan fingerprint density at radius 2 is 1.80 bits per heavy atom.